The molecule has 0 saturated heterocycles. The molecule has 0 radical (unpaired) electrons. The van der Waals surface area contributed by atoms with Crippen LogP contribution >= 0.6 is 11.3 Å². The summed E-state index contributed by atoms with van der Waals surface area (Å²) in [5, 5.41) is 4.65. The second kappa shape index (κ2) is 6.09. The molecule has 5 heteroatoms. The van der Waals surface area contributed by atoms with Gasteiger partial charge in [0.05, 0.1) is 5.69 Å². The van der Waals surface area contributed by atoms with E-state index in [1.165, 1.54) is 11.3 Å². The number of thiazole rings is 1. The number of rotatable bonds is 3. The SMILES string of the molecule is Cc1nc(-c2ccccc2)sc1NC(=O)[C@@H]1Cc2ccccc2O1. The van der Waals surface area contributed by atoms with Gasteiger partial charge in [-0.3, -0.25) is 4.79 Å². The summed E-state index contributed by atoms with van der Waals surface area (Å²) in [6.45, 7) is 1.91. The van der Waals surface area contributed by atoms with E-state index in [9.17, 15) is 4.79 Å². The number of anilines is 1. The molecular formula is C19H16N2O2S. The molecule has 0 saturated carbocycles. The van der Waals surface area contributed by atoms with Gasteiger partial charge in [0.15, 0.2) is 6.10 Å². The van der Waals surface area contributed by atoms with Gasteiger partial charge in [0.25, 0.3) is 5.91 Å². The largest absolute Gasteiger partial charge is 0.480 e. The molecule has 1 aliphatic heterocycles. The van der Waals surface area contributed by atoms with Gasteiger partial charge in [-0.2, -0.15) is 0 Å². The van der Waals surface area contributed by atoms with Gasteiger partial charge in [-0.05, 0) is 18.6 Å². The minimum absolute atomic E-state index is 0.127. The van der Waals surface area contributed by atoms with Crippen molar-refractivity contribution in [1.29, 1.82) is 0 Å². The van der Waals surface area contributed by atoms with Crippen LogP contribution in [-0.4, -0.2) is 17.0 Å². The molecular weight excluding hydrogens is 320 g/mol. The highest BCUT2D eigenvalue weighted by atomic mass is 32.1. The van der Waals surface area contributed by atoms with E-state index in [4.69, 9.17) is 4.74 Å². The summed E-state index contributed by atoms with van der Waals surface area (Å²) in [4.78, 5) is 17.1. The third-order valence-corrected chi connectivity index (χ3v) is 5.12. The van der Waals surface area contributed by atoms with Crippen LogP contribution in [0.2, 0.25) is 0 Å². The molecule has 4 rings (SSSR count). The van der Waals surface area contributed by atoms with Gasteiger partial charge in [0.2, 0.25) is 0 Å². The number of nitrogens with one attached hydrogen (secondary N) is 1. The first-order valence-electron chi connectivity index (χ1n) is 7.79. The van der Waals surface area contributed by atoms with Crippen LogP contribution in [0.15, 0.2) is 54.6 Å². The van der Waals surface area contributed by atoms with Crippen LogP contribution < -0.4 is 10.1 Å². The predicted octanol–water partition coefficient (Wildman–Crippen LogP) is 4.06. The van der Waals surface area contributed by atoms with E-state index in [2.05, 4.69) is 10.3 Å². The Balaban J connectivity index is 1.50. The molecule has 4 nitrogen and oxygen atoms in total. The lowest BCUT2D eigenvalue weighted by Crippen LogP contribution is -2.31. The number of carbonyl (C=O) groups is 1. The molecule has 2 heterocycles. The van der Waals surface area contributed by atoms with Crippen molar-refractivity contribution in [1.82, 2.24) is 4.98 Å². The van der Waals surface area contributed by atoms with E-state index < -0.39 is 6.10 Å². The Morgan fingerprint density at radius 1 is 1.17 bits per heavy atom. The maximum absolute atomic E-state index is 12.5. The molecule has 1 aliphatic rings. The number of hydrogen-bond donors (Lipinski definition) is 1. The summed E-state index contributed by atoms with van der Waals surface area (Å²) >= 11 is 1.48. The number of benzene rings is 2. The van der Waals surface area contributed by atoms with Crippen molar-refractivity contribution >= 4 is 22.2 Å². The summed E-state index contributed by atoms with van der Waals surface area (Å²) in [7, 11) is 0. The lowest BCUT2D eigenvalue weighted by Gasteiger charge is -2.10. The lowest BCUT2D eigenvalue weighted by atomic mass is 10.1. The van der Waals surface area contributed by atoms with E-state index in [0.717, 1.165) is 32.6 Å². The highest BCUT2D eigenvalue weighted by molar-refractivity contribution is 7.19. The second-order valence-corrected chi connectivity index (χ2v) is 6.71. The summed E-state index contributed by atoms with van der Waals surface area (Å²) < 4.78 is 5.74. The van der Waals surface area contributed by atoms with E-state index >= 15 is 0 Å². The van der Waals surface area contributed by atoms with Gasteiger partial charge in [0.1, 0.15) is 15.8 Å². The van der Waals surface area contributed by atoms with Crippen LogP contribution in [0.5, 0.6) is 5.75 Å². The van der Waals surface area contributed by atoms with Crippen LogP contribution in [0.3, 0.4) is 0 Å². The third kappa shape index (κ3) is 2.78. The zero-order valence-electron chi connectivity index (χ0n) is 13.2. The molecule has 1 atom stereocenters. The first kappa shape index (κ1) is 14.9. The zero-order chi connectivity index (χ0) is 16.5. The molecule has 120 valence electrons. The summed E-state index contributed by atoms with van der Waals surface area (Å²) in [5.41, 5.74) is 2.95. The van der Waals surface area contributed by atoms with Crippen LogP contribution in [0.25, 0.3) is 10.6 Å². The molecule has 0 spiro atoms. The van der Waals surface area contributed by atoms with E-state index in [1.54, 1.807) is 0 Å². The number of amides is 1. The fourth-order valence-corrected chi connectivity index (χ4v) is 3.71. The highest BCUT2D eigenvalue weighted by Gasteiger charge is 2.29. The summed E-state index contributed by atoms with van der Waals surface area (Å²) in [6, 6.07) is 17.7. The molecule has 0 fully saturated rings. The van der Waals surface area contributed by atoms with E-state index in [0.29, 0.717) is 6.42 Å². The molecule has 0 bridgehead atoms. The van der Waals surface area contributed by atoms with Crippen molar-refractivity contribution in [2.45, 2.75) is 19.4 Å². The number of aryl methyl sites for hydroxylation is 1. The van der Waals surface area contributed by atoms with Crippen molar-refractivity contribution in [3.05, 3.63) is 65.9 Å². The number of nitrogens with zero attached hydrogens (tertiary/aromatic N) is 1. The Morgan fingerprint density at radius 2 is 1.92 bits per heavy atom. The fraction of sp³-hybridized carbons (Fsp3) is 0.158. The fourth-order valence-electron chi connectivity index (χ4n) is 2.74. The predicted molar refractivity (Wildman–Crippen MR) is 95.5 cm³/mol. The topological polar surface area (TPSA) is 51.2 Å². The van der Waals surface area contributed by atoms with Crippen molar-refractivity contribution in [3.63, 3.8) is 0 Å². The quantitative estimate of drug-likeness (QED) is 0.785. The Kier molecular flexibility index (Phi) is 3.78. The zero-order valence-corrected chi connectivity index (χ0v) is 14.0. The Hall–Kier alpha value is -2.66. The normalized spacial score (nSPS) is 15.6. The standard InChI is InChI=1S/C19H16N2O2S/c1-12-18(24-19(20-12)13-7-3-2-4-8-13)21-17(22)16-11-14-9-5-6-10-15(14)23-16/h2-10,16H,11H2,1H3,(H,21,22)/t16-/m0/s1. The number of hydrogen-bond acceptors (Lipinski definition) is 4. The van der Waals surface area contributed by atoms with Gasteiger partial charge in [-0.25, -0.2) is 4.98 Å². The number of fused-ring (bicyclic) bond motifs is 1. The van der Waals surface area contributed by atoms with Crippen molar-refractivity contribution in [2.24, 2.45) is 0 Å². The number of ether oxygens (including phenoxy) is 1. The lowest BCUT2D eigenvalue weighted by molar-refractivity contribution is -0.122. The van der Waals surface area contributed by atoms with Crippen molar-refractivity contribution in [2.75, 3.05) is 5.32 Å². The molecule has 1 amide bonds. The first-order chi connectivity index (χ1) is 11.7. The molecule has 0 unspecified atom stereocenters. The summed E-state index contributed by atoms with van der Waals surface area (Å²) in [5.74, 6) is 0.668. The molecule has 0 aliphatic carbocycles. The van der Waals surface area contributed by atoms with Crippen LogP contribution in [-0.2, 0) is 11.2 Å². The molecule has 1 N–H and O–H groups in total. The van der Waals surface area contributed by atoms with Gasteiger partial charge in [0, 0.05) is 12.0 Å². The average Bonchev–Trinajstić information content (AvgIpc) is 3.20. The second-order valence-electron chi connectivity index (χ2n) is 5.71. The van der Waals surface area contributed by atoms with Crippen molar-refractivity contribution < 1.29 is 9.53 Å². The number of aromatic nitrogens is 1. The Morgan fingerprint density at radius 3 is 2.71 bits per heavy atom. The first-order valence-corrected chi connectivity index (χ1v) is 8.60. The summed E-state index contributed by atoms with van der Waals surface area (Å²) in [6.07, 6.45) is 0.120. The highest BCUT2D eigenvalue weighted by Crippen LogP contribution is 2.33. The van der Waals surface area contributed by atoms with Gasteiger partial charge in [-0.15, -0.1) is 0 Å². The minimum Gasteiger partial charge on any atom is -0.480 e. The van der Waals surface area contributed by atoms with E-state index in [-0.39, 0.29) is 5.91 Å². The number of para-hydroxylation sites is 1. The number of carbonyl (C=O) groups excluding carboxylic acids is 1. The van der Waals surface area contributed by atoms with Gasteiger partial charge < -0.3 is 10.1 Å². The van der Waals surface area contributed by atoms with Crippen LogP contribution in [0.4, 0.5) is 5.00 Å². The maximum Gasteiger partial charge on any atom is 0.266 e. The van der Waals surface area contributed by atoms with E-state index in [1.807, 2.05) is 61.5 Å². The third-order valence-electron chi connectivity index (χ3n) is 3.99. The molecule has 2 aromatic carbocycles. The van der Waals surface area contributed by atoms with Crippen LogP contribution in [0.1, 0.15) is 11.3 Å². The van der Waals surface area contributed by atoms with Gasteiger partial charge in [-0.1, -0.05) is 59.9 Å². The van der Waals surface area contributed by atoms with Gasteiger partial charge >= 0.3 is 0 Å². The molecule has 1 aromatic heterocycles. The van der Waals surface area contributed by atoms with Crippen molar-refractivity contribution in [3.8, 4) is 16.3 Å². The van der Waals surface area contributed by atoms with Crippen LogP contribution in [0, 0.1) is 6.92 Å². The average molecular weight is 336 g/mol. The Labute approximate surface area is 144 Å². The maximum atomic E-state index is 12.5. The molecule has 24 heavy (non-hydrogen) atoms. The molecule has 3 aromatic rings. The monoisotopic (exact) mass is 336 g/mol. The minimum atomic E-state index is -0.482. The Bertz CT molecular complexity index is 864. The smallest absolute Gasteiger partial charge is 0.266 e.